The van der Waals surface area contributed by atoms with Crippen LogP contribution in [0.5, 0.6) is 0 Å². The number of hydrogen-bond donors (Lipinski definition) is 0. The van der Waals surface area contributed by atoms with Crippen molar-refractivity contribution < 1.29 is 27.5 Å². The number of sulfonamides is 1. The van der Waals surface area contributed by atoms with Gasteiger partial charge in [0.15, 0.2) is 5.78 Å². The average molecular weight is 422 g/mol. The van der Waals surface area contributed by atoms with E-state index in [4.69, 9.17) is 9.47 Å². The van der Waals surface area contributed by atoms with Crippen LogP contribution in [0.2, 0.25) is 0 Å². The third kappa shape index (κ3) is 3.83. The maximum Gasteiger partial charge on any atom is 0.338 e. The van der Waals surface area contributed by atoms with Gasteiger partial charge in [-0.1, -0.05) is 37.5 Å². The van der Waals surface area contributed by atoms with Gasteiger partial charge in [-0.05, 0) is 32.4 Å². The summed E-state index contributed by atoms with van der Waals surface area (Å²) in [5, 5.41) is 0. The molecule has 1 fully saturated rings. The molecule has 0 aliphatic carbocycles. The predicted octanol–water partition coefficient (Wildman–Crippen LogP) is 2.73. The van der Waals surface area contributed by atoms with Crippen molar-refractivity contribution in [3.05, 3.63) is 41.2 Å². The Morgan fingerprint density at radius 3 is 2.48 bits per heavy atom. The highest BCUT2D eigenvalue weighted by atomic mass is 32.2. The van der Waals surface area contributed by atoms with E-state index in [0.717, 1.165) is 12.0 Å². The SMILES string of the molecule is CCCC[C@@H]1C(=O)C[C@@H]2OC(C)=C(C(=O)OC)[C@@H]2N1S(=O)(=O)c1ccc(C)cc1. The highest BCUT2D eigenvalue weighted by molar-refractivity contribution is 7.89. The maximum absolute atomic E-state index is 13.7. The van der Waals surface area contributed by atoms with Crippen LogP contribution in [0.4, 0.5) is 0 Å². The Hall–Kier alpha value is -2.19. The number of nitrogens with zero attached hydrogens (tertiary/aromatic N) is 1. The molecular weight excluding hydrogens is 394 g/mol. The number of benzene rings is 1. The quantitative estimate of drug-likeness (QED) is 0.656. The summed E-state index contributed by atoms with van der Waals surface area (Å²) < 4.78 is 39.2. The highest BCUT2D eigenvalue weighted by Crippen LogP contribution is 2.41. The van der Waals surface area contributed by atoms with E-state index in [2.05, 4.69) is 0 Å². The lowest BCUT2D eigenvalue weighted by molar-refractivity contribution is -0.138. The Kier molecular flexibility index (Phi) is 6.14. The summed E-state index contributed by atoms with van der Waals surface area (Å²) in [7, 11) is -2.81. The lowest BCUT2D eigenvalue weighted by Crippen LogP contribution is -2.59. The van der Waals surface area contributed by atoms with Crippen LogP contribution in [-0.2, 0) is 29.1 Å². The van der Waals surface area contributed by atoms with Gasteiger partial charge in [0.05, 0.1) is 29.7 Å². The molecule has 0 saturated carbocycles. The molecular formula is C21H27NO6S. The van der Waals surface area contributed by atoms with Crippen LogP contribution in [0.3, 0.4) is 0 Å². The van der Waals surface area contributed by atoms with Crippen LogP contribution in [-0.4, -0.2) is 49.8 Å². The molecule has 1 aromatic carbocycles. The Morgan fingerprint density at radius 1 is 1.24 bits per heavy atom. The molecule has 2 aliphatic heterocycles. The maximum atomic E-state index is 13.7. The molecule has 0 amide bonds. The van der Waals surface area contributed by atoms with Crippen LogP contribution in [0, 0.1) is 6.92 Å². The zero-order chi connectivity index (χ0) is 21.3. The first-order valence-corrected chi connectivity index (χ1v) is 11.2. The van der Waals surface area contributed by atoms with E-state index in [0.29, 0.717) is 18.6 Å². The summed E-state index contributed by atoms with van der Waals surface area (Å²) in [5.74, 6) is -0.517. The fourth-order valence-corrected chi connectivity index (χ4v) is 5.89. The molecule has 0 spiro atoms. The Balaban J connectivity index is 2.15. The van der Waals surface area contributed by atoms with Crippen molar-refractivity contribution in [3.8, 4) is 0 Å². The standard InChI is InChI=1S/C21H27NO6S/c1-5-6-7-16-17(23)12-18-20(19(14(3)28-18)21(24)27-4)22(16)29(25,26)15-10-8-13(2)9-11-15/h8-11,16,18,20H,5-7,12H2,1-4H3/t16-,18+,20-/m1/s1. The lowest BCUT2D eigenvalue weighted by atomic mass is 9.89. The molecule has 158 valence electrons. The van der Waals surface area contributed by atoms with Gasteiger partial charge in [0.25, 0.3) is 0 Å². The van der Waals surface area contributed by atoms with Gasteiger partial charge < -0.3 is 9.47 Å². The average Bonchev–Trinajstić information content (AvgIpc) is 3.00. The minimum atomic E-state index is -4.05. The van der Waals surface area contributed by atoms with E-state index in [-0.39, 0.29) is 22.7 Å². The van der Waals surface area contributed by atoms with E-state index < -0.39 is 34.2 Å². The number of unbranched alkanes of at least 4 members (excludes halogenated alkanes) is 1. The monoisotopic (exact) mass is 421 g/mol. The second kappa shape index (κ2) is 8.28. The van der Waals surface area contributed by atoms with Gasteiger partial charge in [-0.3, -0.25) is 4.79 Å². The molecule has 1 saturated heterocycles. The zero-order valence-corrected chi connectivity index (χ0v) is 18.0. The molecule has 0 radical (unpaired) electrons. The largest absolute Gasteiger partial charge is 0.492 e. The van der Waals surface area contributed by atoms with Gasteiger partial charge in [-0.15, -0.1) is 0 Å². The minimum Gasteiger partial charge on any atom is -0.492 e. The molecule has 1 aromatic rings. The lowest BCUT2D eigenvalue weighted by Gasteiger charge is -2.41. The number of hydrogen-bond acceptors (Lipinski definition) is 6. The summed E-state index contributed by atoms with van der Waals surface area (Å²) >= 11 is 0. The van der Waals surface area contributed by atoms with E-state index in [9.17, 15) is 18.0 Å². The van der Waals surface area contributed by atoms with Crippen molar-refractivity contribution in [1.29, 1.82) is 0 Å². The Labute approximate surface area is 171 Å². The van der Waals surface area contributed by atoms with Crippen LogP contribution in [0.15, 0.2) is 40.5 Å². The van der Waals surface area contributed by atoms with E-state index in [1.54, 1.807) is 19.1 Å². The molecule has 0 aromatic heterocycles. The molecule has 0 unspecified atom stereocenters. The smallest absolute Gasteiger partial charge is 0.338 e. The van der Waals surface area contributed by atoms with E-state index in [1.165, 1.54) is 23.5 Å². The summed E-state index contributed by atoms with van der Waals surface area (Å²) in [4.78, 5) is 25.5. The number of Topliss-reactive ketones (excluding diaryl/α,β-unsaturated/α-hetero) is 1. The number of piperidine rings is 1. The number of allylic oxidation sites excluding steroid dienone is 1. The first-order chi connectivity index (χ1) is 13.7. The fourth-order valence-electron chi connectivity index (χ4n) is 4.07. The number of esters is 1. The molecule has 7 nitrogen and oxygen atoms in total. The molecule has 0 bridgehead atoms. The van der Waals surface area contributed by atoms with Gasteiger partial charge in [0, 0.05) is 6.42 Å². The molecule has 3 atom stereocenters. The first-order valence-electron chi connectivity index (χ1n) is 9.81. The van der Waals surface area contributed by atoms with Gasteiger partial charge in [-0.25, -0.2) is 13.2 Å². The minimum absolute atomic E-state index is 0.0663. The topological polar surface area (TPSA) is 90.0 Å². The molecule has 0 N–H and O–H groups in total. The van der Waals surface area contributed by atoms with Crippen molar-refractivity contribution in [1.82, 2.24) is 4.31 Å². The Morgan fingerprint density at radius 2 is 1.90 bits per heavy atom. The van der Waals surface area contributed by atoms with Crippen molar-refractivity contribution in [2.24, 2.45) is 0 Å². The van der Waals surface area contributed by atoms with E-state index >= 15 is 0 Å². The molecule has 29 heavy (non-hydrogen) atoms. The number of ether oxygens (including phenoxy) is 2. The Bertz CT molecular complexity index is 934. The molecule has 2 aliphatic rings. The van der Waals surface area contributed by atoms with Gasteiger partial charge in [-0.2, -0.15) is 4.31 Å². The molecule has 2 heterocycles. The van der Waals surface area contributed by atoms with Gasteiger partial charge in [0.1, 0.15) is 11.9 Å². The summed E-state index contributed by atoms with van der Waals surface area (Å²) in [6.07, 6.45) is 1.26. The van der Waals surface area contributed by atoms with Crippen molar-refractivity contribution >= 4 is 21.8 Å². The van der Waals surface area contributed by atoms with Gasteiger partial charge in [0.2, 0.25) is 10.0 Å². The normalized spacial score (nSPS) is 25.0. The van der Waals surface area contributed by atoms with Crippen molar-refractivity contribution in [2.75, 3.05) is 7.11 Å². The van der Waals surface area contributed by atoms with Crippen LogP contribution >= 0.6 is 0 Å². The number of ketones is 1. The fraction of sp³-hybridized carbons (Fsp3) is 0.524. The van der Waals surface area contributed by atoms with Crippen molar-refractivity contribution in [3.63, 3.8) is 0 Å². The van der Waals surface area contributed by atoms with Crippen LogP contribution in [0.1, 0.15) is 45.1 Å². The second-order valence-corrected chi connectivity index (χ2v) is 9.38. The van der Waals surface area contributed by atoms with Crippen LogP contribution in [0.25, 0.3) is 0 Å². The predicted molar refractivity (Wildman–Crippen MR) is 107 cm³/mol. The van der Waals surface area contributed by atoms with Gasteiger partial charge >= 0.3 is 5.97 Å². The van der Waals surface area contributed by atoms with Crippen LogP contribution < -0.4 is 0 Å². The highest BCUT2D eigenvalue weighted by Gasteiger charge is 2.55. The van der Waals surface area contributed by atoms with E-state index in [1.807, 2.05) is 13.8 Å². The number of fused-ring (bicyclic) bond motifs is 1. The third-order valence-corrected chi connectivity index (χ3v) is 7.45. The first kappa shape index (κ1) is 21.5. The van der Waals surface area contributed by atoms with Crippen molar-refractivity contribution in [2.45, 2.75) is 69.5 Å². The number of aryl methyl sites for hydroxylation is 1. The second-order valence-electron chi connectivity index (χ2n) is 7.54. The number of carbonyl (C=O) groups excluding carboxylic acids is 2. The number of methoxy groups -OCH3 is 1. The molecule has 8 heteroatoms. The number of rotatable bonds is 6. The summed E-state index contributed by atoms with van der Waals surface area (Å²) in [5.41, 5.74) is 1.09. The summed E-state index contributed by atoms with van der Waals surface area (Å²) in [6, 6.07) is 4.76. The number of carbonyl (C=O) groups is 2. The summed E-state index contributed by atoms with van der Waals surface area (Å²) in [6.45, 7) is 5.46. The third-order valence-electron chi connectivity index (χ3n) is 5.54. The molecule has 3 rings (SSSR count). The zero-order valence-electron chi connectivity index (χ0n) is 17.2.